The Balaban J connectivity index is 1.32. The van der Waals surface area contributed by atoms with E-state index in [2.05, 4.69) is 5.32 Å². The number of benzene rings is 4. The molecule has 5 rings (SSSR count). The van der Waals surface area contributed by atoms with Gasteiger partial charge in [-0.3, -0.25) is 9.10 Å². The molecule has 1 N–H and O–H groups in total. The number of carbonyl (C=O) groups is 1. The third kappa shape index (κ3) is 6.92. The van der Waals surface area contributed by atoms with Crippen molar-refractivity contribution < 1.29 is 26.4 Å². The normalized spacial score (nSPS) is 14.3. The van der Waals surface area contributed by atoms with Crippen LogP contribution in [0.4, 0.5) is 11.4 Å². The molecule has 0 aromatic heterocycles. The molecular weight excluding hydrogens is 610 g/mol. The summed E-state index contributed by atoms with van der Waals surface area (Å²) in [5.41, 5.74) is 2.64. The SMILES string of the molecule is Cc1ccc(Cl)cc1N(Cc1ccc(C(=O)Nc2ccc(S(=O)(=O)N3CCOCC3)cc2)cc1)S(=O)(=O)c1ccccc1. The van der Waals surface area contributed by atoms with Gasteiger partial charge >= 0.3 is 0 Å². The number of anilines is 2. The number of aryl methyl sites for hydroxylation is 1. The Morgan fingerprint density at radius 3 is 2.16 bits per heavy atom. The molecule has 0 unspecified atom stereocenters. The van der Waals surface area contributed by atoms with E-state index in [0.717, 1.165) is 5.56 Å². The molecule has 0 bridgehead atoms. The Morgan fingerprint density at radius 2 is 1.51 bits per heavy atom. The first kappa shape index (κ1) is 30.7. The molecule has 1 amide bonds. The smallest absolute Gasteiger partial charge is 0.264 e. The summed E-state index contributed by atoms with van der Waals surface area (Å²) in [7, 11) is -7.58. The zero-order valence-corrected chi connectivity index (χ0v) is 25.7. The standard InChI is InChI=1S/C31H30ClN3O6S2/c1-23-7-12-26(32)21-30(23)35(43(39,40)28-5-3-2-4-6-28)22-24-8-10-25(11-9-24)31(36)33-27-13-15-29(16-14-27)42(37,38)34-17-19-41-20-18-34/h2-16,21H,17-20,22H2,1H3,(H,33,36). The number of nitrogens with zero attached hydrogens (tertiary/aromatic N) is 2. The zero-order valence-electron chi connectivity index (χ0n) is 23.3. The minimum absolute atomic E-state index is 0.0133. The van der Waals surface area contributed by atoms with Crippen molar-refractivity contribution in [1.82, 2.24) is 4.31 Å². The summed E-state index contributed by atoms with van der Waals surface area (Å²) in [5.74, 6) is -0.394. The van der Waals surface area contributed by atoms with Gasteiger partial charge in [-0.2, -0.15) is 4.31 Å². The summed E-state index contributed by atoms with van der Waals surface area (Å²) in [6, 6.07) is 25.9. The van der Waals surface area contributed by atoms with Crippen LogP contribution in [0.1, 0.15) is 21.5 Å². The molecule has 12 heteroatoms. The van der Waals surface area contributed by atoms with E-state index in [1.54, 1.807) is 84.9 Å². The second kappa shape index (κ2) is 12.9. The van der Waals surface area contributed by atoms with Gasteiger partial charge in [-0.25, -0.2) is 16.8 Å². The molecule has 4 aromatic rings. The van der Waals surface area contributed by atoms with Gasteiger partial charge in [0.2, 0.25) is 10.0 Å². The summed E-state index contributed by atoms with van der Waals surface area (Å²) in [6.45, 7) is 3.13. The van der Waals surface area contributed by atoms with Crippen LogP contribution in [-0.2, 0) is 31.3 Å². The van der Waals surface area contributed by atoms with Crippen molar-refractivity contribution in [2.24, 2.45) is 0 Å². The number of nitrogens with one attached hydrogen (secondary N) is 1. The molecule has 1 fully saturated rings. The maximum Gasteiger partial charge on any atom is 0.264 e. The third-order valence-electron chi connectivity index (χ3n) is 7.03. The van der Waals surface area contributed by atoms with Crippen LogP contribution in [0.15, 0.2) is 107 Å². The molecule has 0 radical (unpaired) electrons. The van der Waals surface area contributed by atoms with E-state index < -0.39 is 26.0 Å². The van der Waals surface area contributed by atoms with E-state index in [0.29, 0.717) is 53.8 Å². The van der Waals surface area contributed by atoms with Crippen molar-refractivity contribution in [2.45, 2.75) is 23.3 Å². The second-order valence-electron chi connectivity index (χ2n) is 9.95. The maximum atomic E-state index is 13.7. The number of carbonyl (C=O) groups excluding carboxylic acids is 1. The molecule has 0 atom stereocenters. The minimum atomic E-state index is -3.94. The first-order chi connectivity index (χ1) is 20.6. The Hall–Kier alpha value is -3.74. The number of amides is 1. The predicted octanol–water partition coefficient (Wildman–Crippen LogP) is 5.32. The largest absolute Gasteiger partial charge is 0.379 e. The Bertz CT molecular complexity index is 1810. The summed E-state index contributed by atoms with van der Waals surface area (Å²) in [6.07, 6.45) is 0. The lowest BCUT2D eigenvalue weighted by Crippen LogP contribution is -2.40. The predicted molar refractivity (Wildman–Crippen MR) is 166 cm³/mol. The van der Waals surface area contributed by atoms with Crippen LogP contribution in [0, 0.1) is 6.92 Å². The lowest BCUT2D eigenvalue weighted by molar-refractivity contribution is 0.0730. The van der Waals surface area contributed by atoms with Crippen molar-refractivity contribution >= 4 is 48.9 Å². The van der Waals surface area contributed by atoms with Crippen molar-refractivity contribution in [3.63, 3.8) is 0 Å². The number of ether oxygens (including phenoxy) is 1. The topological polar surface area (TPSA) is 113 Å². The van der Waals surface area contributed by atoms with Crippen molar-refractivity contribution in [3.8, 4) is 0 Å². The highest BCUT2D eigenvalue weighted by Gasteiger charge is 2.28. The lowest BCUT2D eigenvalue weighted by Gasteiger charge is -2.26. The average molecular weight is 640 g/mol. The van der Waals surface area contributed by atoms with E-state index in [1.165, 1.54) is 20.7 Å². The van der Waals surface area contributed by atoms with Crippen LogP contribution in [0.3, 0.4) is 0 Å². The molecule has 43 heavy (non-hydrogen) atoms. The van der Waals surface area contributed by atoms with Gasteiger partial charge in [0.05, 0.1) is 35.2 Å². The molecule has 224 valence electrons. The van der Waals surface area contributed by atoms with Crippen LogP contribution in [0.2, 0.25) is 5.02 Å². The zero-order chi connectivity index (χ0) is 30.6. The van der Waals surface area contributed by atoms with E-state index in [9.17, 15) is 21.6 Å². The number of rotatable bonds is 9. The monoisotopic (exact) mass is 639 g/mol. The third-order valence-corrected chi connectivity index (χ3v) is 11.0. The number of morpholine rings is 1. The van der Waals surface area contributed by atoms with Crippen LogP contribution in [0.25, 0.3) is 0 Å². The fourth-order valence-electron chi connectivity index (χ4n) is 4.65. The molecule has 1 saturated heterocycles. The highest BCUT2D eigenvalue weighted by Crippen LogP contribution is 2.31. The van der Waals surface area contributed by atoms with Crippen molar-refractivity contribution in [2.75, 3.05) is 35.9 Å². The number of sulfonamides is 2. The van der Waals surface area contributed by atoms with E-state index in [1.807, 2.05) is 6.92 Å². The van der Waals surface area contributed by atoms with Gasteiger partial charge in [0.1, 0.15) is 0 Å². The van der Waals surface area contributed by atoms with E-state index >= 15 is 0 Å². The Morgan fingerprint density at radius 1 is 0.860 bits per heavy atom. The molecule has 0 saturated carbocycles. The fourth-order valence-corrected chi connectivity index (χ4v) is 7.75. The average Bonchev–Trinajstić information content (AvgIpc) is 3.02. The van der Waals surface area contributed by atoms with Crippen LogP contribution >= 0.6 is 11.6 Å². The molecule has 9 nitrogen and oxygen atoms in total. The summed E-state index contributed by atoms with van der Waals surface area (Å²) in [4.78, 5) is 13.2. The van der Waals surface area contributed by atoms with Gasteiger partial charge in [-0.15, -0.1) is 0 Å². The van der Waals surface area contributed by atoms with Crippen molar-refractivity contribution in [3.05, 3.63) is 119 Å². The molecule has 4 aromatic carbocycles. The molecule has 0 aliphatic carbocycles. The van der Waals surface area contributed by atoms with Gasteiger partial charge < -0.3 is 10.1 Å². The van der Waals surface area contributed by atoms with E-state index in [4.69, 9.17) is 16.3 Å². The molecule has 1 heterocycles. The quantitative estimate of drug-likeness (QED) is 0.265. The summed E-state index contributed by atoms with van der Waals surface area (Å²) < 4.78 is 61.1. The Labute approximate surface area is 256 Å². The van der Waals surface area contributed by atoms with Crippen molar-refractivity contribution in [1.29, 1.82) is 0 Å². The van der Waals surface area contributed by atoms with Gasteiger partial charge in [0.15, 0.2) is 0 Å². The number of hydrogen-bond donors (Lipinski definition) is 1. The van der Waals surface area contributed by atoms with Gasteiger partial charge in [0.25, 0.3) is 15.9 Å². The first-order valence-electron chi connectivity index (χ1n) is 13.5. The number of hydrogen-bond acceptors (Lipinski definition) is 6. The summed E-state index contributed by atoms with van der Waals surface area (Å²) >= 11 is 6.25. The van der Waals surface area contributed by atoms with E-state index in [-0.39, 0.29) is 16.3 Å². The molecule has 1 aliphatic rings. The molecule has 1 aliphatic heterocycles. The van der Waals surface area contributed by atoms with Gasteiger partial charge in [0, 0.05) is 29.4 Å². The highest BCUT2D eigenvalue weighted by molar-refractivity contribution is 7.92. The summed E-state index contributed by atoms with van der Waals surface area (Å²) in [5, 5.41) is 3.18. The van der Waals surface area contributed by atoms with Gasteiger partial charge in [-0.1, -0.05) is 48.0 Å². The first-order valence-corrected chi connectivity index (χ1v) is 16.7. The van der Waals surface area contributed by atoms with Gasteiger partial charge in [-0.05, 0) is 78.7 Å². The Kier molecular flexibility index (Phi) is 9.19. The second-order valence-corrected chi connectivity index (χ2v) is 14.2. The molecular formula is C31H30ClN3O6S2. The lowest BCUT2D eigenvalue weighted by atomic mass is 10.1. The molecule has 0 spiro atoms. The number of halogens is 1. The van der Waals surface area contributed by atoms with Crippen LogP contribution < -0.4 is 9.62 Å². The maximum absolute atomic E-state index is 13.7. The van der Waals surface area contributed by atoms with Crippen LogP contribution in [-0.4, -0.2) is 53.4 Å². The highest BCUT2D eigenvalue weighted by atomic mass is 35.5. The van der Waals surface area contributed by atoms with Crippen LogP contribution in [0.5, 0.6) is 0 Å². The fraction of sp³-hybridized carbons (Fsp3) is 0.194. The minimum Gasteiger partial charge on any atom is -0.379 e.